The molecule has 0 spiro atoms. The number of aromatic nitrogens is 3. The van der Waals surface area contributed by atoms with Gasteiger partial charge in [0.15, 0.2) is 13.6 Å². The largest absolute Gasteiger partial charge is 0.468 e. The summed E-state index contributed by atoms with van der Waals surface area (Å²) in [6.07, 6.45) is 0. The zero-order valence-electron chi connectivity index (χ0n) is 26.0. The van der Waals surface area contributed by atoms with E-state index >= 15 is 0 Å². The molecule has 0 aliphatic rings. The van der Waals surface area contributed by atoms with Gasteiger partial charge < -0.3 is 29.6 Å². The molecule has 0 bridgehead atoms. The molecule has 5 aromatic rings. The van der Waals surface area contributed by atoms with E-state index in [2.05, 4.69) is 49.3 Å². The number of pyridine rings is 3. The van der Waals surface area contributed by atoms with Gasteiger partial charge >= 0.3 is 0 Å². The third kappa shape index (κ3) is 9.73. The maximum absolute atomic E-state index is 12.7. The fourth-order valence-electron chi connectivity index (χ4n) is 4.01. The van der Waals surface area contributed by atoms with Gasteiger partial charge in [0.1, 0.15) is 45.9 Å². The van der Waals surface area contributed by atoms with Crippen molar-refractivity contribution < 1.29 is 28.5 Å². The van der Waals surface area contributed by atoms with Gasteiger partial charge in [0.2, 0.25) is 0 Å². The molecule has 3 aromatic heterocycles. The molecule has 0 saturated carbocycles. The highest BCUT2D eigenvalue weighted by Crippen LogP contribution is 2.15. The Labute approximate surface area is 277 Å². The number of amides is 2. The number of ether oxygens (including phenoxy) is 4. The minimum Gasteiger partial charge on any atom is -0.468 e. The number of carbonyl (C=O) groups is 2. The van der Waals surface area contributed by atoms with Gasteiger partial charge in [-0.2, -0.15) is 0 Å². The molecular weight excluding hydrogens is 610 g/mol. The molecule has 0 saturated heterocycles. The molecule has 0 atom stereocenters. The number of anilines is 2. The van der Waals surface area contributed by atoms with E-state index in [1.165, 1.54) is 14.2 Å². The minimum absolute atomic E-state index is 0.120. The normalized spacial score (nSPS) is 10.0. The van der Waals surface area contributed by atoms with E-state index in [9.17, 15) is 9.59 Å². The molecule has 238 valence electrons. The first kappa shape index (κ1) is 32.9. The van der Waals surface area contributed by atoms with Gasteiger partial charge in [-0.15, -0.1) is 0 Å². The van der Waals surface area contributed by atoms with Gasteiger partial charge in [0, 0.05) is 25.3 Å². The number of nitrogens with zero attached hydrogens (tertiary/aromatic N) is 3. The average molecular weight is 640 g/mol. The van der Waals surface area contributed by atoms with Crippen molar-refractivity contribution in [1.82, 2.24) is 15.0 Å². The van der Waals surface area contributed by atoms with Crippen LogP contribution in [0.5, 0.6) is 11.5 Å². The summed E-state index contributed by atoms with van der Waals surface area (Å²) in [6.45, 7) is 0.241. The van der Waals surface area contributed by atoms with Crippen molar-refractivity contribution in [3.8, 4) is 35.2 Å². The summed E-state index contributed by atoms with van der Waals surface area (Å²) in [7, 11) is 3.07. The highest BCUT2D eigenvalue weighted by atomic mass is 16.7. The third-order valence-electron chi connectivity index (χ3n) is 6.29. The van der Waals surface area contributed by atoms with Crippen molar-refractivity contribution in [1.29, 1.82) is 0 Å². The second-order valence-electron chi connectivity index (χ2n) is 9.78. The number of rotatable bonds is 10. The molecule has 0 unspecified atom stereocenters. The van der Waals surface area contributed by atoms with Crippen molar-refractivity contribution in [2.45, 2.75) is 0 Å². The maximum atomic E-state index is 12.7. The first-order valence-corrected chi connectivity index (χ1v) is 14.5. The number of hydrogen-bond donors (Lipinski definition) is 2. The van der Waals surface area contributed by atoms with Gasteiger partial charge in [-0.3, -0.25) is 9.59 Å². The van der Waals surface area contributed by atoms with Crippen LogP contribution in [0.2, 0.25) is 0 Å². The summed E-state index contributed by atoms with van der Waals surface area (Å²) >= 11 is 0. The number of methoxy groups -OCH3 is 2. The minimum atomic E-state index is -0.319. The molecule has 2 amide bonds. The second kappa shape index (κ2) is 16.7. The smallest absolute Gasteiger partial charge is 0.256 e. The zero-order valence-corrected chi connectivity index (χ0v) is 26.0. The number of carbonyl (C=O) groups excluding carboxylic acids is 2. The topological polar surface area (TPSA) is 134 Å². The fourth-order valence-corrected chi connectivity index (χ4v) is 4.01. The molecule has 5 rings (SSSR count). The Bertz CT molecular complexity index is 1870. The van der Waals surface area contributed by atoms with E-state index in [-0.39, 0.29) is 25.4 Å². The summed E-state index contributed by atoms with van der Waals surface area (Å²) < 4.78 is 20.5. The van der Waals surface area contributed by atoms with Gasteiger partial charge in [-0.25, -0.2) is 15.0 Å². The Balaban J connectivity index is 1.20. The summed E-state index contributed by atoms with van der Waals surface area (Å²) in [5.74, 6) is 13.2. The highest BCUT2D eigenvalue weighted by molar-refractivity contribution is 6.04. The van der Waals surface area contributed by atoms with Gasteiger partial charge in [0.05, 0.1) is 0 Å². The van der Waals surface area contributed by atoms with Crippen LogP contribution in [-0.2, 0) is 9.47 Å². The Morgan fingerprint density at radius 3 is 1.25 bits per heavy atom. The molecule has 0 aliphatic carbocycles. The maximum Gasteiger partial charge on any atom is 0.256 e. The fraction of sp³-hybridized carbons (Fsp3) is 0.108. The van der Waals surface area contributed by atoms with E-state index in [0.717, 1.165) is 0 Å². The van der Waals surface area contributed by atoms with Crippen LogP contribution >= 0.6 is 0 Å². The quantitative estimate of drug-likeness (QED) is 0.157. The van der Waals surface area contributed by atoms with E-state index in [0.29, 0.717) is 57.0 Å². The molecule has 48 heavy (non-hydrogen) atoms. The van der Waals surface area contributed by atoms with Crippen molar-refractivity contribution >= 4 is 23.5 Å². The van der Waals surface area contributed by atoms with Crippen LogP contribution in [0, 0.1) is 23.7 Å². The third-order valence-corrected chi connectivity index (χ3v) is 6.29. The highest BCUT2D eigenvalue weighted by Gasteiger charge is 2.09. The summed E-state index contributed by atoms with van der Waals surface area (Å²) in [5.41, 5.74) is 2.77. The molecule has 2 N–H and O–H groups in total. The van der Waals surface area contributed by atoms with Crippen molar-refractivity contribution in [3.63, 3.8) is 0 Å². The molecule has 11 nitrogen and oxygen atoms in total. The SMILES string of the molecule is COCOc1ccc(C(=O)Nc2cccc(C#Cc3cccc(C#Cc4cccc(NC(=O)c5ccc(OCOC)cc5)n4)n3)n2)cc1. The van der Waals surface area contributed by atoms with Crippen LogP contribution in [0.4, 0.5) is 11.6 Å². The molecule has 0 aliphatic heterocycles. The van der Waals surface area contributed by atoms with Crippen molar-refractivity contribution in [3.05, 3.63) is 137 Å². The van der Waals surface area contributed by atoms with Gasteiger partial charge in [0.25, 0.3) is 11.8 Å². The average Bonchev–Trinajstić information content (AvgIpc) is 3.12. The van der Waals surface area contributed by atoms with Crippen LogP contribution in [-0.4, -0.2) is 54.6 Å². The van der Waals surface area contributed by atoms with Gasteiger partial charge in [-0.1, -0.05) is 18.2 Å². The summed E-state index contributed by atoms with van der Waals surface area (Å²) in [6, 6.07) is 29.0. The lowest BCUT2D eigenvalue weighted by Crippen LogP contribution is -2.13. The lowest BCUT2D eigenvalue weighted by atomic mass is 10.2. The van der Waals surface area contributed by atoms with E-state index in [1.807, 2.05) is 0 Å². The van der Waals surface area contributed by atoms with Gasteiger partial charge in [-0.05, 0) is 109 Å². The van der Waals surface area contributed by atoms with Crippen LogP contribution in [0.25, 0.3) is 0 Å². The lowest BCUT2D eigenvalue weighted by molar-refractivity contribution is 0.0509. The Morgan fingerprint density at radius 1 is 0.521 bits per heavy atom. The predicted molar refractivity (Wildman–Crippen MR) is 178 cm³/mol. The van der Waals surface area contributed by atoms with Crippen molar-refractivity contribution in [2.24, 2.45) is 0 Å². The second-order valence-corrected chi connectivity index (χ2v) is 9.78. The molecule has 11 heteroatoms. The summed E-state index contributed by atoms with van der Waals surface area (Å²) in [5, 5.41) is 5.55. The predicted octanol–water partition coefficient (Wildman–Crippen LogP) is 5.14. The van der Waals surface area contributed by atoms with Crippen molar-refractivity contribution in [2.75, 3.05) is 38.4 Å². The number of nitrogens with one attached hydrogen (secondary N) is 2. The van der Waals surface area contributed by atoms with Crippen LogP contribution in [0.15, 0.2) is 103 Å². The number of hydrogen-bond acceptors (Lipinski definition) is 9. The Kier molecular flexibility index (Phi) is 11.4. The van der Waals surface area contributed by atoms with Crippen LogP contribution in [0.1, 0.15) is 43.5 Å². The standard InChI is InChI=1S/C37H29N5O6/c1-45-24-47-32-20-12-26(13-21-32)36(43)41-34-10-4-8-30(39-34)18-16-28-6-3-7-29(38-28)17-19-31-9-5-11-35(40-31)42-37(44)27-14-22-33(23-15-27)48-25-46-2/h3-15,20-23H,24-25H2,1-2H3,(H,39,41,43)(H,40,42,44). The number of benzene rings is 2. The van der Waals surface area contributed by atoms with E-state index < -0.39 is 0 Å². The van der Waals surface area contributed by atoms with Crippen LogP contribution < -0.4 is 20.1 Å². The zero-order chi connectivity index (χ0) is 33.6. The first-order valence-electron chi connectivity index (χ1n) is 14.5. The lowest BCUT2D eigenvalue weighted by Gasteiger charge is -2.07. The first-order chi connectivity index (χ1) is 23.5. The molecular formula is C37H29N5O6. The Hall–Kier alpha value is -6.53. The molecule has 0 radical (unpaired) electrons. The summed E-state index contributed by atoms with van der Waals surface area (Å²) in [4.78, 5) is 38.7. The van der Waals surface area contributed by atoms with Crippen LogP contribution in [0.3, 0.4) is 0 Å². The van der Waals surface area contributed by atoms with E-state index in [4.69, 9.17) is 18.9 Å². The molecule has 3 heterocycles. The molecule has 0 fully saturated rings. The van der Waals surface area contributed by atoms with E-state index in [1.54, 1.807) is 103 Å². The Morgan fingerprint density at radius 2 is 0.875 bits per heavy atom. The monoisotopic (exact) mass is 639 g/mol. The molecule has 2 aromatic carbocycles.